The molecule has 0 aliphatic heterocycles. The molecule has 0 unspecified atom stereocenters. The first-order valence-electron chi connectivity index (χ1n) is 2.04. The molecule has 1 heterocycles. The Morgan fingerprint density at radius 2 is 2.38 bits per heavy atom. The summed E-state index contributed by atoms with van der Waals surface area (Å²) in [7, 11) is 0. The van der Waals surface area contributed by atoms with Gasteiger partial charge in [-0.05, 0) is 6.33 Å². The first kappa shape index (κ1) is 8.18. The van der Waals surface area contributed by atoms with E-state index in [2.05, 4.69) is 16.2 Å². The summed E-state index contributed by atoms with van der Waals surface area (Å²) in [4.78, 5) is 7.45. The maximum atomic E-state index is 3.84. The molecule has 0 atom stereocenters. The Morgan fingerprint density at radius 3 is 2.62 bits per heavy atom. The first-order chi connectivity index (χ1) is 3.39. The van der Waals surface area contributed by atoms with Gasteiger partial charge in [-0.2, -0.15) is 0 Å². The van der Waals surface area contributed by atoms with Gasteiger partial charge in [-0.15, -0.1) is 6.07 Å². The van der Waals surface area contributed by atoms with Crippen LogP contribution in [0.15, 0.2) is 12.4 Å². The minimum Gasteiger partial charge on any atom is -0.376 e. The maximum Gasteiger partial charge on any atom is 0 e. The van der Waals surface area contributed by atoms with Gasteiger partial charge >= 0.3 is 0 Å². The van der Waals surface area contributed by atoms with Crippen LogP contribution >= 0.6 is 0 Å². The Balaban J connectivity index is 0.000000490. The van der Waals surface area contributed by atoms with Crippen molar-refractivity contribution in [3.63, 3.8) is 0 Å². The summed E-state index contributed by atoms with van der Waals surface area (Å²) in [5, 5.41) is 0. The monoisotopic (exact) mass is 182 g/mol. The zero-order valence-corrected chi connectivity index (χ0v) is 7.46. The van der Waals surface area contributed by atoms with Crippen molar-refractivity contribution in [1.29, 1.82) is 0 Å². The predicted octanol–water partition coefficient (Wildman–Crippen LogP) is 0.583. The maximum absolute atomic E-state index is 3.84. The van der Waals surface area contributed by atoms with Crippen LogP contribution in [0.2, 0.25) is 0 Å². The van der Waals surface area contributed by atoms with Gasteiger partial charge in [0.05, 0.1) is 0 Å². The van der Waals surface area contributed by atoms with Crippen molar-refractivity contribution in [1.82, 2.24) is 9.97 Å². The van der Waals surface area contributed by atoms with Crippen molar-refractivity contribution in [2.24, 2.45) is 0 Å². The second-order valence-electron chi connectivity index (χ2n) is 1.29. The summed E-state index contributed by atoms with van der Waals surface area (Å²) in [6.07, 6.45) is 4.13. The van der Waals surface area contributed by atoms with Gasteiger partial charge in [-0.25, -0.2) is 0 Å². The van der Waals surface area contributed by atoms with E-state index in [9.17, 15) is 0 Å². The van der Waals surface area contributed by atoms with Crippen molar-refractivity contribution in [2.45, 2.75) is 6.92 Å². The van der Waals surface area contributed by atoms with Gasteiger partial charge in [-0.3, -0.25) is 0 Å². The molecule has 1 radical (unpaired) electrons. The number of aryl methyl sites for hydroxylation is 1. The van der Waals surface area contributed by atoms with Crippen molar-refractivity contribution < 1.29 is 32.7 Å². The topological polar surface area (TPSA) is 25.8 Å². The van der Waals surface area contributed by atoms with Gasteiger partial charge in [0.25, 0.3) is 0 Å². The Hall–Kier alpha value is 0.184. The number of nitrogens with zero attached hydrogens (tertiary/aromatic N) is 2. The van der Waals surface area contributed by atoms with Gasteiger partial charge in [0, 0.05) is 32.7 Å². The predicted molar refractivity (Wildman–Crippen MR) is 25.6 cm³/mol. The van der Waals surface area contributed by atoms with Crippen molar-refractivity contribution in [3.8, 4) is 0 Å². The number of aromatic nitrogens is 2. The van der Waals surface area contributed by atoms with E-state index < -0.39 is 0 Å². The third kappa shape index (κ3) is 2.48. The molecule has 8 heavy (non-hydrogen) atoms. The van der Waals surface area contributed by atoms with E-state index in [0.29, 0.717) is 0 Å². The normalized spacial score (nSPS) is 7.62. The second-order valence-corrected chi connectivity index (χ2v) is 1.29. The van der Waals surface area contributed by atoms with Crippen LogP contribution < -0.4 is 0 Å². The molecule has 0 aliphatic carbocycles. The fourth-order valence-electron chi connectivity index (χ4n) is 0.321. The van der Waals surface area contributed by atoms with Crippen LogP contribution in [0.4, 0.5) is 0 Å². The Morgan fingerprint density at radius 1 is 1.62 bits per heavy atom. The third-order valence-corrected chi connectivity index (χ3v) is 0.667. The van der Waals surface area contributed by atoms with Crippen LogP contribution in [-0.4, -0.2) is 9.97 Å². The summed E-state index contributed by atoms with van der Waals surface area (Å²) in [6.45, 7) is 1.90. The number of hydrogen-bond acceptors (Lipinski definition) is 2. The van der Waals surface area contributed by atoms with Crippen molar-refractivity contribution >= 4 is 0 Å². The molecule has 1 rings (SSSR count). The average Bonchev–Trinajstić information content (AvgIpc) is 1.69. The molecule has 0 N–H and O–H groups in total. The molecule has 0 amide bonds. The molecule has 0 aliphatic rings. The van der Waals surface area contributed by atoms with Crippen LogP contribution in [0, 0.1) is 13.1 Å². The number of hydrogen-bond donors (Lipinski definition) is 0. The van der Waals surface area contributed by atoms with Gasteiger partial charge in [0.15, 0.2) is 0 Å². The standard InChI is InChI=1S/C5H5N2.Y/c1-5-2-3-6-4-7-5;/h2,4H,1H3;/q-1;. The Bertz CT molecular complexity index is 140. The molecule has 39 valence electrons. The van der Waals surface area contributed by atoms with E-state index in [0.717, 1.165) is 5.69 Å². The first-order valence-corrected chi connectivity index (χ1v) is 2.04. The summed E-state index contributed by atoms with van der Waals surface area (Å²) < 4.78 is 0. The van der Waals surface area contributed by atoms with E-state index in [4.69, 9.17) is 0 Å². The van der Waals surface area contributed by atoms with Crippen LogP contribution in [0.25, 0.3) is 0 Å². The average molecular weight is 182 g/mol. The van der Waals surface area contributed by atoms with Gasteiger partial charge < -0.3 is 9.97 Å². The minimum atomic E-state index is 0. The van der Waals surface area contributed by atoms with Crippen LogP contribution in [-0.2, 0) is 32.7 Å². The minimum absolute atomic E-state index is 0. The summed E-state index contributed by atoms with van der Waals surface area (Å²) in [6, 6.07) is 1.74. The fraction of sp³-hybridized carbons (Fsp3) is 0.200. The molecule has 0 spiro atoms. The van der Waals surface area contributed by atoms with Crippen molar-refractivity contribution in [2.75, 3.05) is 0 Å². The van der Waals surface area contributed by atoms with Crippen LogP contribution in [0.3, 0.4) is 0 Å². The molecule has 0 bridgehead atoms. The van der Waals surface area contributed by atoms with Crippen LogP contribution in [0.1, 0.15) is 5.69 Å². The Labute approximate surface area is 73.6 Å². The summed E-state index contributed by atoms with van der Waals surface area (Å²) in [5.74, 6) is 0. The number of rotatable bonds is 0. The smallest absolute Gasteiger partial charge is 0 e. The van der Waals surface area contributed by atoms with Crippen molar-refractivity contribution in [3.05, 3.63) is 24.3 Å². The van der Waals surface area contributed by atoms with E-state index in [1.807, 2.05) is 6.92 Å². The van der Waals surface area contributed by atoms with Gasteiger partial charge in [0.2, 0.25) is 0 Å². The summed E-state index contributed by atoms with van der Waals surface area (Å²) in [5.41, 5.74) is 0.954. The Kier molecular flexibility index (Phi) is 4.20. The van der Waals surface area contributed by atoms with Crippen LogP contribution in [0.5, 0.6) is 0 Å². The van der Waals surface area contributed by atoms with E-state index in [1.54, 1.807) is 6.07 Å². The molecule has 2 nitrogen and oxygen atoms in total. The molecule has 3 heteroatoms. The molecular formula is C5H5N2Y-. The van der Waals surface area contributed by atoms with Gasteiger partial charge in [0.1, 0.15) is 0 Å². The van der Waals surface area contributed by atoms with Gasteiger partial charge in [-0.1, -0.05) is 18.8 Å². The second kappa shape index (κ2) is 4.10. The largest absolute Gasteiger partial charge is 0.376 e. The van der Waals surface area contributed by atoms with E-state index >= 15 is 0 Å². The zero-order chi connectivity index (χ0) is 5.11. The quantitative estimate of drug-likeness (QED) is 0.548. The molecule has 0 fully saturated rings. The molecule has 0 aromatic carbocycles. The molecule has 1 aromatic heterocycles. The molecule has 0 saturated carbocycles. The van der Waals surface area contributed by atoms with E-state index in [-0.39, 0.29) is 32.7 Å². The SMILES string of the molecule is Cc1c[c-]ncn1.[Y]. The molecular weight excluding hydrogens is 177 g/mol. The van der Waals surface area contributed by atoms with E-state index in [1.165, 1.54) is 6.33 Å². The fourth-order valence-corrected chi connectivity index (χ4v) is 0.321. The summed E-state index contributed by atoms with van der Waals surface area (Å²) >= 11 is 0. The molecule has 0 saturated heterocycles. The zero-order valence-electron chi connectivity index (χ0n) is 4.63. The third-order valence-electron chi connectivity index (χ3n) is 0.667. The molecule has 1 aromatic rings.